The fraction of sp³-hybridized carbons (Fsp3) is 0.125. The fourth-order valence-electron chi connectivity index (χ4n) is 1.26. The van der Waals surface area contributed by atoms with E-state index in [4.69, 9.17) is 16.0 Å². The molecule has 0 aliphatic carbocycles. The lowest BCUT2D eigenvalue weighted by Crippen LogP contribution is -1.88. The van der Waals surface area contributed by atoms with Crippen molar-refractivity contribution in [1.29, 1.82) is 0 Å². The van der Waals surface area contributed by atoms with Crippen LogP contribution in [0.4, 0.5) is 0 Å². The summed E-state index contributed by atoms with van der Waals surface area (Å²) in [7, 11) is 0. The Bertz CT molecular complexity index is 680. The van der Waals surface area contributed by atoms with Gasteiger partial charge in [-0.15, -0.1) is 10.2 Å². The molecule has 0 saturated carbocycles. The highest BCUT2D eigenvalue weighted by molar-refractivity contribution is 7.99. The molecule has 3 heterocycles. The molecule has 3 aromatic heterocycles. The normalized spacial score (nSPS) is 11.2. The van der Waals surface area contributed by atoms with Crippen LogP contribution in [0.25, 0.3) is 11.2 Å². The summed E-state index contributed by atoms with van der Waals surface area (Å²) in [5.41, 5.74) is 1.19. The second-order valence-electron chi connectivity index (χ2n) is 3.09. The number of halogens is 1. The Kier molecular flexibility index (Phi) is 2.45. The van der Waals surface area contributed by atoms with Crippen molar-refractivity contribution in [2.24, 2.45) is 0 Å². The van der Waals surface area contributed by atoms with Crippen LogP contribution >= 0.6 is 23.4 Å². The number of aromatic nitrogens is 6. The van der Waals surface area contributed by atoms with Gasteiger partial charge in [-0.05, 0) is 23.4 Å². The summed E-state index contributed by atoms with van der Waals surface area (Å²) in [6.45, 7) is 1.72. The lowest BCUT2D eigenvalue weighted by molar-refractivity contribution is 0.429. The second kappa shape index (κ2) is 3.97. The molecule has 7 nitrogen and oxygen atoms in total. The lowest BCUT2D eigenvalue weighted by Gasteiger charge is -1.97. The van der Waals surface area contributed by atoms with E-state index in [-0.39, 0.29) is 5.28 Å². The predicted octanol–water partition coefficient (Wildman–Crippen LogP) is 1.85. The number of rotatable bonds is 2. The van der Waals surface area contributed by atoms with Crippen molar-refractivity contribution in [3.8, 4) is 0 Å². The van der Waals surface area contributed by atoms with Crippen molar-refractivity contribution in [2.75, 3.05) is 0 Å². The number of hydrogen-bond acceptors (Lipinski definition) is 7. The third kappa shape index (κ3) is 1.96. The number of aromatic amines is 1. The molecule has 0 saturated heterocycles. The van der Waals surface area contributed by atoms with Crippen LogP contribution in [0.2, 0.25) is 5.28 Å². The largest absolute Gasteiger partial charge is 0.416 e. The summed E-state index contributed by atoms with van der Waals surface area (Å²) in [5, 5.41) is 8.73. The van der Waals surface area contributed by atoms with Gasteiger partial charge >= 0.3 is 0 Å². The lowest BCUT2D eigenvalue weighted by atomic mass is 10.6. The monoisotopic (exact) mass is 268 g/mol. The highest BCUT2D eigenvalue weighted by Gasteiger charge is 2.13. The summed E-state index contributed by atoms with van der Waals surface area (Å²) >= 11 is 7.01. The van der Waals surface area contributed by atoms with Gasteiger partial charge in [-0.2, -0.15) is 4.98 Å². The Balaban J connectivity index is 2.07. The molecular weight excluding hydrogens is 264 g/mol. The maximum absolute atomic E-state index is 5.80. The fourth-order valence-corrected chi connectivity index (χ4v) is 2.27. The molecular formula is C8H5ClN6OS. The predicted molar refractivity (Wildman–Crippen MR) is 59.9 cm³/mol. The van der Waals surface area contributed by atoms with Gasteiger partial charge in [-0.25, -0.2) is 9.97 Å². The number of aryl methyl sites for hydroxylation is 1. The van der Waals surface area contributed by atoms with Gasteiger partial charge in [0.1, 0.15) is 10.5 Å². The van der Waals surface area contributed by atoms with Crippen LogP contribution < -0.4 is 0 Å². The first-order valence-electron chi connectivity index (χ1n) is 4.57. The molecule has 86 valence electrons. The van der Waals surface area contributed by atoms with Gasteiger partial charge in [-0.3, -0.25) is 0 Å². The topological polar surface area (TPSA) is 93.4 Å². The number of nitrogens with one attached hydrogen (secondary N) is 1. The van der Waals surface area contributed by atoms with E-state index >= 15 is 0 Å². The van der Waals surface area contributed by atoms with E-state index in [1.165, 1.54) is 18.1 Å². The zero-order chi connectivity index (χ0) is 11.8. The average molecular weight is 269 g/mol. The zero-order valence-corrected chi connectivity index (χ0v) is 10.1. The van der Waals surface area contributed by atoms with Crippen LogP contribution in [0.5, 0.6) is 0 Å². The molecule has 1 N–H and O–H groups in total. The third-order valence-electron chi connectivity index (χ3n) is 1.92. The minimum absolute atomic E-state index is 0.128. The summed E-state index contributed by atoms with van der Waals surface area (Å²) in [6, 6.07) is 0. The van der Waals surface area contributed by atoms with Gasteiger partial charge in [0.05, 0.1) is 6.33 Å². The van der Waals surface area contributed by atoms with Crippen molar-refractivity contribution in [3.63, 3.8) is 0 Å². The van der Waals surface area contributed by atoms with E-state index in [1.54, 1.807) is 6.92 Å². The third-order valence-corrected chi connectivity index (χ3v) is 2.91. The van der Waals surface area contributed by atoms with E-state index in [1.807, 2.05) is 0 Å². The number of H-pyrrole nitrogens is 1. The van der Waals surface area contributed by atoms with Gasteiger partial charge in [0.2, 0.25) is 11.2 Å². The van der Waals surface area contributed by atoms with Gasteiger partial charge in [-0.1, -0.05) is 0 Å². The SMILES string of the molecule is Cc1nnc(Sc2nc(Cl)nc3nc[nH]c23)o1. The molecule has 0 bridgehead atoms. The smallest absolute Gasteiger partial charge is 0.283 e. The first-order valence-corrected chi connectivity index (χ1v) is 5.76. The molecule has 0 aliphatic rings. The number of hydrogen-bond donors (Lipinski definition) is 1. The minimum atomic E-state index is 0.128. The Morgan fingerprint density at radius 2 is 2.24 bits per heavy atom. The summed E-state index contributed by atoms with van der Waals surface area (Å²) in [4.78, 5) is 15.0. The summed E-state index contributed by atoms with van der Waals surface area (Å²) in [5.74, 6) is 0.494. The zero-order valence-electron chi connectivity index (χ0n) is 8.51. The molecule has 0 spiro atoms. The Hall–Kier alpha value is -1.67. The molecule has 0 unspecified atom stereocenters. The van der Waals surface area contributed by atoms with Crippen LogP contribution in [-0.4, -0.2) is 30.1 Å². The Labute approximate surface area is 104 Å². The number of imidazole rings is 1. The van der Waals surface area contributed by atoms with Crippen molar-refractivity contribution < 1.29 is 4.42 Å². The van der Waals surface area contributed by atoms with Gasteiger partial charge < -0.3 is 9.40 Å². The highest BCUT2D eigenvalue weighted by Crippen LogP contribution is 2.29. The van der Waals surface area contributed by atoms with Crippen LogP contribution in [0.1, 0.15) is 5.89 Å². The van der Waals surface area contributed by atoms with Crippen molar-refractivity contribution in [1.82, 2.24) is 30.1 Å². The maximum Gasteiger partial charge on any atom is 0.283 e. The van der Waals surface area contributed by atoms with E-state index in [0.717, 1.165) is 0 Å². The highest BCUT2D eigenvalue weighted by atomic mass is 35.5. The number of fused-ring (bicyclic) bond motifs is 1. The van der Waals surface area contributed by atoms with Crippen LogP contribution in [0.3, 0.4) is 0 Å². The van der Waals surface area contributed by atoms with Gasteiger partial charge in [0.25, 0.3) is 5.22 Å². The van der Waals surface area contributed by atoms with E-state index in [2.05, 4.69) is 30.1 Å². The van der Waals surface area contributed by atoms with Crippen molar-refractivity contribution >= 4 is 34.5 Å². The van der Waals surface area contributed by atoms with E-state index in [0.29, 0.717) is 27.3 Å². The first kappa shape index (κ1) is 10.5. The van der Waals surface area contributed by atoms with Crippen molar-refractivity contribution in [3.05, 3.63) is 17.5 Å². The van der Waals surface area contributed by atoms with Crippen LogP contribution in [0.15, 0.2) is 21.0 Å². The molecule has 9 heteroatoms. The molecule has 3 rings (SSSR count). The van der Waals surface area contributed by atoms with Crippen molar-refractivity contribution in [2.45, 2.75) is 17.2 Å². The maximum atomic E-state index is 5.80. The molecule has 0 aromatic carbocycles. The van der Waals surface area contributed by atoms with Crippen LogP contribution in [-0.2, 0) is 0 Å². The van der Waals surface area contributed by atoms with E-state index in [9.17, 15) is 0 Å². The molecule has 0 aliphatic heterocycles. The second-order valence-corrected chi connectivity index (χ2v) is 4.37. The van der Waals surface area contributed by atoms with Crippen LogP contribution in [0, 0.1) is 6.92 Å². The van der Waals surface area contributed by atoms with Gasteiger partial charge in [0.15, 0.2) is 5.65 Å². The van der Waals surface area contributed by atoms with E-state index < -0.39 is 0 Å². The summed E-state index contributed by atoms with van der Waals surface area (Å²) in [6.07, 6.45) is 1.53. The molecule has 17 heavy (non-hydrogen) atoms. The number of nitrogens with zero attached hydrogens (tertiary/aromatic N) is 5. The molecule has 0 fully saturated rings. The molecule has 0 amide bonds. The summed E-state index contributed by atoms with van der Waals surface area (Å²) < 4.78 is 5.26. The Morgan fingerprint density at radius 3 is 3.00 bits per heavy atom. The molecule has 3 aromatic rings. The molecule has 0 atom stereocenters. The first-order chi connectivity index (χ1) is 8.22. The standard InChI is InChI=1S/C8H5ClN6OS/c1-3-14-15-8(16-3)17-6-4-5(11-2-10-4)12-7(9)13-6/h2H,1H3,(H,10,11,12,13). The quantitative estimate of drug-likeness (QED) is 0.560. The average Bonchev–Trinajstić information content (AvgIpc) is 2.87. The van der Waals surface area contributed by atoms with Gasteiger partial charge in [0, 0.05) is 6.92 Å². The minimum Gasteiger partial charge on any atom is -0.416 e. The Morgan fingerprint density at radius 1 is 1.35 bits per heavy atom. The molecule has 0 radical (unpaired) electrons.